The second-order valence-electron chi connectivity index (χ2n) is 8.85. The van der Waals surface area contributed by atoms with E-state index in [1.165, 1.54) is 0 Å². The summed E-state index contributed by atoms with van der Waals surface area (Å²) in [5.74, 6) is -2.45. The van der Waals surface area contributed by atoms with Crippen molar-refractivity contribution < 1.29 is 23.9 Å². The van der Waals surface area contributed by atoms with Crippen molar-refractivity contribution in [2.45, 2.75) is 45.2 Å². The van der Waals surface area contributed by atoms with E-state index in [0.717, 1.165) is 11.1 Å². The Morgan fingerprint density at radius 1 is 1.18 bits per heavy atom. The molecule has 2 heterocycles. The van der Waals surface area contributed by atoms with E-state index in [1.54, 1.807) is 31.2 Å². The standard InChI is InChI=1S/C25H28N4O5/c1-4-34-23(32)15-5-7-16(8-6-15)27-22(31)19-11-17(12-20(26)30)29-25(19)18-10-13(2)9-14(3)21(18)28-24(25)33/h5-10,17,19,29H,4,11-12H2,1-3H3,(H2,26,30)(H,27,31)(H,28,33)/t17-,19+,25-/m1/s1. The lowest BCUT2D eigenvalue weighted by atomic mass is 9.78. The molecule has 34 heavy (non-hydrogen) atoms. The molecule has 1 fully saturated rings. The van der Waals surface area contributed by atoms with Crippen molar-refractivity contribution in [1.29, 1.82) is 0 Å². The predicted octanol–water partition coefficient (Wildman–Crippen LogP) is 2.12. The quantitative estimate of drug-likeness (QED) is 0.483. The fraction of sp³-hybridized carbons (Fsp3) is 0.360. The number of nitrogens with two attached hydrogens (primary N) is 1. The summed E-state index contributed by atoms with van der Waals surface area (Å²) in [7, 11) is 0. The van der Waals surface area contributed by atoms with E-state index in [1.807, 2.05) is 26.0 Å². The number of carbonyl (C=O) groups is 4. The van der Waals surface area contributed by atoms with Gasteiger partial charge < -0.3 is 21.1 Å². The maximum atomic E-state index is 13.5. The SMILES string of the molecule is CCOC(=O)c1ccc(NC(=O)[C@@H]2C[C@H](CC(N)=O)N[C@@]23C(=O)Nc2c(C)cc(C)cc23)cc1. The molecule has 9 nitrogen and oxygen atoms in total. The fourth-order valence-corrected chi connectivity index (χ4v) is 5.03. The van der Waals surface area contributed by atoms with Gasteiger partial charge >= 0.3 is 5.97 Å². The summed E-state index contributed by atoms with van der Waals surface area (Å²) in [6.07, 6.45) is 0.267. The Morgan fingerprint density at radius 2 is 1.88 bits per heavy atom. The average Bonchev–Trinajstić information content (AvgIpc) is 3.28. The van der Waals surface area contributed by atoms with Crippen molar-refractivity contribution in [3.05, 3.63) is 58.7 Å². The number of fused-ring (bicyclic) bond motifs is 2. The van der Waals surface area contributed by atoms with Gasteiger partial charge in [-0.3, -0.25) is 19.7 Å². The summed E-state index contributed by atoms with van der Waals surface area (Å²) in [5, 5.41) is 9.07. The number of carbonyl (C=O) groups excluding carboxylic acids is 4. The molecule has 0 unspecified atom stereocenters. The highest BCUT2D eigenvalue weighted by Gasteiger charge is 2.60. The first-order valence-corrected chi connectivity index (χ1v) is 11.2. The van der Waals surface area contributed by atoms with E-state index in [-0.39, 0.29) is 31.3 Å². The Labute approximate surface area is 197 Å². The number of ether oxygens (including phenoxy) is 1. The first kappa shape index (κ1) is 23.4. The van der Waals surface area contributed by atoms with E-state index in [0.29, 0.717) is 22.5 Å². The molecule has 3 atom stereocenters. The molecule has 9 heteroatoms. The van der Waals surface area contributed by atoms with Crippen LogP contribution in [-0.2, 0) is 24.7 Å². The normalized spacial score (nSPS) is 22.9. The van der Waals surface area contributed by atoms with E-state index >= 15 is 0 Å². The maximum absolute atomic E-state index is 13.5. The van der Waals surface area contributed by atoms with Crippen LogP contribution in [0, 0.1) is 19.8 Å². The lowest BCUT2D eigenvalue weighted by Crippen LogP contribution is -2.52. The van der Waals surface area contributed by atoms with E-state index in [2.05, 4.69) is 16.0 Å². The maximum Gasteiger partial charge on any atom is 0.338 e. The number of benzene rings is 2. The number of primary amides is 1. The molecule has 0 bridgehead atoms. The lowest BCUT2D eigenvalue weighted by Gasteiger charge is -2.29. The fourth-order valence-electron chi connectivity index (χ4n) is 5.03. The molecule has 1 saturated heterocycles. The van der Waals surface area contributed by atoms with Gasteiger partial charge in [-0.1, -0.05) is 17.7 Å². The molecule has 4 rings (SSSR count). The Bertz CT molecular complexity index is 1180. The van der Waals surface area contributed by atoms with E-state index in [4.69, 9.17) is 10.5 Å². The van der Waals surface area contributed by atoms with Crippen LogP contribution in [0.25, 0.3) is 0 Å². The minimum Gasteiger partial charge on any atom is -0.462 e. The van der Waals surface area contributed by atoms with Crippen molar-refractivity contribution >= 4 is 35.1 Å². The van der Waals surface area contributed by atoms with Crippen LogP contribution in [0.5, 0.6) is 0 Å². The Kier molecular flexibility index (Phi) is 6.14. The predicted molar refractivity (Wildman–Crippen MR) is 126 cm³/mol. The van der Waals surface area contributed by atoms with Crippen molar-refractivity contribution in [3.63, 3.8) is 0 Å². The van der Waals surface area contributed by atoms with Gasteiger partial charge in [-0.15, -0.1) is 0 Å². The van der Waals surface area contributed by atoms with Crippen LogP contribution >= 0.6 is 0 Å². The Morgan fingerprint density at radius 3 is 2.53 bits per heavy atom. The Hall–Kier alpha value is -3.72. The molecule has 1 spiro atoms. The largest absolute Gasteiger partial charge is 0.462 e. The third kappa shape index (κ3) is 4.03. The number of rotatable bonds is 6. The van der Waals surface area contributed by atoms with Crippen molar-refractivity contribution in [3.8, 4) is 0 Å². The third-order valence-electron chi connectivity index (χ3n) is 6.40. The van der Waals surface area contributed by atoms with Gasteiger partial charge in [0, 0.05) is 29.4 Å². The average molecular weight is 465 g/mol. The van der Waals surface area contributed by atoms with Crippen LogP contribution in [0.2, 0.25) is 0 Å². The van der Waals surface area contributed by atoms with Crippen LogP contribution in [-0.4, -0.2) is 36.3 Å². The highest BCUT2D eigenvalue weighted by molar-refractivity contribution is 6.11. The molecule has 0 aliphatic carbocycles. The highest BCUT2D eigenvalue weighted by atomic mass is 16.5. The van der Waals surface area contributed by atoms with Crippen LogP contribution in [0.3, 0.4) is 0 Å². The van der Waals surface area contributed by atoms with Gasteiger partial charge in [0.1, 0.15) is 5.54 Å². The van der Waals surface area contributed by atoms with E-state index < -0.39 is 29.4 Å². The first-order chi connectivity index (χ1) is 16.1. The van der Waals surface area contributed by atoms with Crippen LogP contribution in [0.15, 0.2) is 36.4 Å². The zero-order chi connectivity index (χ0) is 24.6. The highest BCUT2D eigenvalue weighted by Crippen LogP contribution is 2.49. The third-order valence-corrected chi connectivity index (χ3v) is 6.40. The number of esters is 1. The number of aryl methyl sites for hydroxylation is 2. The zero-order valence-electron chi connectivity index (χ0n) is 19.4. The van der Waals surface area contributed by atoms with Gasteiger partial charge in [0.25, 0.3) is 0 Å². The first-order valence-electron chi connectivity index (χ1n) is 11.2. The van der Waals surface area contributed by atoms with Gasteiger partial charge in [0.2, 0.25) is 17.7 Å². The number of hydrogen-bond acceptors (Lipinski definition) is 6. The molecular weight excluding hydrogens is 436 g/mol. The Balaban J connectivity index is 1.67. The molecule has 2 aliphatic rings. The van der Waals surface area contributed by atoms with Crippen molar-refractivity contribution in [2.75, 3.05) is 17.2 Å². The second-order valence-corrected chi connectivity index (χ2v) is 8.85. The summed E-state index contributed by atoms with van der Waals surface area (Å²) in [6.45, 7) is 5.83. The number of amides is 3. The minimum atomic E-state index is -1.32. The number of hydrogen-bond donors (Lipinski definition) is 4. The van der Waals surface area contributed by atoms with Crippen molar-refractivity contribution in [2.24, 2.45) is 11.7 Å². The molecule has 0 saturated carbocycles. The van der Waals surface area contributed by atoms with Crippen LogP contribution < -0.4 is 21.7 Å². The van der Waals surface area contributed by atoms with Gasteiger partial charge in [-0.05, 0) is 57.0 Å². The van der Waals surface area contributed by atoms with Gasteiger partial charge in [0.15, 0.2) is 0 Å². The monoisotopic (exact) mass is 464 g/mol. The van der Waals surface area contributed by atoms with Crippen molar-refractivity contribution in [1.82, 2.24) is 5.32 Å². The summed E-state index contributed by atoms with van der Waals surface area (Å²) >= 11 is 0. The zero-order valence-corrected chi connectivity index (χ0v) is 19.4. The van der Waals surface area contributed by atoms with E-state index in [9.17, 15) is 19.2 Å². The van der Waals surface area contributed by atoms with Crippen LogP contribution in [0.4, 0.5) is 11.4 Å². The number of nitrogens with one attached hydrogen (secondary N) is 3. The topological polar surface area (TPSA) is 140 Å². The van der Waals surface area contributed by atoms with Gasteiger partial charge in [-0.25, -0.2) is 4.79 Å². The van der Waals surface area contributed by atoms with Gasteiger partial charge in [0.05, 0.1) is 18.1 Å². The summed E-state index contributed by atoms with van der Waals surface area (Å²) in [5.41, 5.74) is 8.18. The smallest absolute Gasteiger partial charge is 0.338 e. The molecular formula is C25H28N4O5. The molecule has 178 valence electrons. The molecule has 0 aromatic heterocycles. The molecule has 2 aromatic carbocycles. The summed E-state index contributed by atoms with van der Waals surface area (Å²) < 4.78 is 4.98. The minimum absolute atomic E-state index is 0.00712. The van der Waals surface area contributed by atoms with Gasteiger partial charge in [-0.2, -0.15) is 0 Å². The summed E-state index contributed by atoms with van der Waals surface area (Å²) in [6, 6.07) is 9.78. The molecule has 2 aromatic rings. The number of anilines is 2. The van der Waals surface area contributed by atoms with Crippen LogP contribution in [0.1, 0.15) is 46.8 Å². The molecule has 5 N–H and O–H groups in total. The molecule has 2 aliphatic heterocycles. The molecule has 0 radical (unpaired) electrons. The molecule has 3 amide bonds. The lowest BCUT2D eigenvalue weighted by molar-refractivity contribution is -0.130. The summed E-state index contributed by atoms with van der Waals surface area (Å²) in [4.78, 5) is 50.4. The second kappa shape index (κ2) is 8.90.